The van der Waals surface area contributed by atoms with Gasteiger partial charge in [0.15, 0.2) is 5.78 Å². The fourth-order valence-electron chi connectivity index (χ4n) is 1.00. The lowest BCUT2D eigenvalue weighted by Gasteiger charge is -2.07. The number of hydrogen-bond acceptors (Lipinski definition) is 1. The number of rotatable bonds is 2. The van der Waals surface area contributed by atoms with Crippen molar-refractivity contribution in [2.75, 3.05) is 0 Å². The van der Waals surface area contributed by atoms with E-state index in [1.165, 1.54) is 0 Å². The molecule has 0 unspecified atom stereocenters. The van der Waals surface area contributed by atoms with Crippen molar-refractivity contribution in [1.82, 2.24) is 0 Å². The van der Waals surface area contributed by atoms with Gasteiger partial charge in [-0.05, 0) is 12.1 Å². The molecular formula is C9H4Cl3F3O. The normalized spacial score (nSPS) is 11.6. The second-order valence-electron chi connectivity index (χ2n) is 2.97. The summed E-state index contributed by atoms with van der Waals surface area (Å²) in [5.74, 6) is -1.10. The molecule has 1 aromatic carbocycles. The van der Waals surface area contributed by atoms with Crippen LogP contribution in [0.2, 0.25) is 15.1 Å². The number of benzene rings is 1. The van der Waals surface area contributed by atoms with Gasteiger partial charge in [0.2, 0.25) is 0 Å². The first-order chi connectivity index (χ1) is 7.20. The number of hydrogen-bond donors (Lipinski definition) is 0. The number of halogens is 6. The highest BCUT2D eigenvalue weighted by Crippen LogP contribution is 2.32. The third-order valence-electron chi connectivity index (χ3n) is 1.67. The van der Waals surface area contributed by atoms with E-state index in [1.807, 2.05) is 0 Å². The molecule has 0 N–H and O–H groups in total. The van der Waals surface area contributed by atoms with Crippen molar-refractivity contribution >= 4 is 40.6 Å². The first-order valence-corrected chi connectivity index (χ1v) is 5.08. The molecule has 0 aromatic heterocycles. The Bertz CT molecular complexity index is 405. The van der Waals surface area contributed by atoms with E-state index in [1.54, 1.807) is 0 Å². The van der Waals surface area contributed by atoms with Gasteiger partial charge >= 0.3 is 6.18 Å². The van der Waals surface area contributed by atoms with E-state index >= 15 is 0 Å². The molecule has 1 aromatic rings. The van der Waals surface area contributed by atoms with E-state index in [9.17, 15) is 18.0 Å². The summed E-state index contributed by atoms with van der Waals surface area (Å²) in [4.78, 5) is 11.2. The summed E-state index contributed by atoms with van der Waals surface area (Å²) in [7, 11) is 0. The molecule has 88 valence electrons. The molecule has 0 amide bonds. The predicted octanol–water partition coefficient (Wildman–Crippen LogP) is 4.78. The third kappa shape index (κ3) is 3.54. The lowest BCUT2D eigenvalue weighted by Crippen LogP contribution is -2.15. The second kappa shape index (κ2) is 4.82. The van der Waals surface area contributed by atoms with Crippen LogP contribution in [0.15, 0.2) is 12.1 Å². The van der Waals surface area contributed by atoms with Crippen molar-refractivity contribution in [3.05, 3.63) is 32.8 Å². The minimum absolute atomic E-state index is 0.00638. The Morgan fingerprint density at radius 2 is 1.56 bits per heavy atom. The predicted molar refractivity (Wildman–Crippen MR) is 56.5 cm³/mol. The molecule has 0 heterocycles. The molecule has 7 heteroatoms. The molecule has 0 radical (unpaired) electrons. The summed E-state index contributed by atoms with van der Waals surface area (Å²) in [6.45, 7) is 0. The second-order valence-corrected chi connectivity index (χ2v) is 4.16. The monoisotopic (exact) mass is 290 g/mol. The maximum Gasteiger partial charge on any atom is 0.396 e. The molecule has 0 saturated heterocycles. The molecule has 0 aliphatic heterocycles. The SMILES string of the molecule is O=C(CC(F)(F)F)c1cc(Cl)c(Cl)c(Cl)c1. The molecule has 0 atom stereocenters. The highest BCUT2D eigenvalue weighted by atomic mass is 35.5. The van der Waals surface area contributed by atoms with Crippen molar-refractivity contribution in [2.45, 2.75) is 12.6 Å². The van der Waals surface area contributed by atoms with Gasteiger partial charge < -0.3 is 0 Å². The van der Waals surface area contributed by atoms with E-state index < -0.39 is 18.4 Å². The van der Waals surface area contributed by atoms with Gasteiger partial charge in [0.1, 0.15) is 6.42 Å². The van der Waals surface area contributed by atoms with Crippen LogP contribution in [0.5, 0.6) is 0 Å². The fraction of sp³-hybridized carbons (Fsp3) is 0.222. The summed E-state index contributed by atoms with van der Waals surface area (Å²) in [5.41, 5.74) is -0.211. The lowest BCUT2D eigenvalue weighted by molar-refractivity contribution is -0.125. The van der Waals surface area contributed by atoms with Crippen molar-refractivity contribution in [3.8, 4) is 0 Å². The Hall–Kier alpha value is -0.450. The van der Waals surface area contributed by atoms with Crippen LogP contribution < -0.4 is 0 Å². The number of carbonyl (C=O) groups excluding carboxylic acids is 1. The highest BCUT2D eigenvalue weighted by Gasteiger charge is 2.31. The van der Waals surface area contributed by atoms with Crippen LogP contribution in [-0.2, 0) is 0 Å². The molecule has 0 aliphatic carbocycles. The molecular weight excluding hydrogens is 287 g/mol. The van der Waals surface area contributed by atoms with Crippen LogP contribution in [0.25, 0.3) is 0 Å². The summed E-state index contributed by atoms with van der Waals surface area (Å²) in [5, 5.41) is -0.105. The first kappa shape index (κ1) is 13.6. The molecule has 1 rings (SSSR count). The summed E-state index contributed by atoms with van der Waals surface area (Å²) < 4.78 is 35.9. The van der Waals surface area contributed by atoms with Gasteiger partial charge in [0.25, 0.3) is 0 Å². The quantitative estimate of drug-likeness (QED) is 0.566. The van der Waals surface area contributed by atoms with Gasteiger partial charge in [-0.15, -0.1) is 0 Å². The van der Waals surface area contributed by atoms with Crippen molar-refractivity contribution in [1.29, 1.82) is 0 Å². The van der Waals surface area contributed by atoms with Crippen LogP contribution >= 0.6 is 34.8 Å². The number of Topliss-reactive ketones (excluding diaryl/α,β-unsaturated/α-hetero) is 1. The maximum absolute atomic E-state index is 12.0. The molecule has 0 aliphatic rings. The van der Waals surface area contributed by atoms with Crippen molar-refractivity contribution in [3.63, 3.8) is 0 Å². The third-order valence-corrected chi connectivity index (χ3v) is 2.86. The van der Waals surface area contributed by atoms with Crippen LogP contribution in [0.1, 0.15) is 16.8 Å². The van der Waals surface area contributed by atoms with E-state index in [-0.39, 0.29) is 20.6 Å². The molecule has 16 heavy (non-hydrogen) atoms. The Labute approximate surface area is 104 Å². The molecule has 0 bridgehead atoms. The topological polar surface area (TPSA) is 17.1 Å². The van der Waals surface area contributed by atoms with Crippen molar-refractivity contribution in [2.24, 2.45) is 0 Å². The zero-order valence-electron chi connectivity index (χ0n) is 7.54. The summed E-state index contributed by atoms with van der Waals surface area (Å²) in [6, 6.07) is 2.12. The lowest BCUT2D eigenvalue weighted by atomic mass is 10.1. The Morgan fingerprint density at radius 1 is 1.12 bits per heavy atom. The number of carbonyl (C=O) groups is 1. The Morgan fingerprint density at radius 3 is 1.94 bits per heavy atom. The smallest absolute Gasteiger partial charge is 0.294 e. The summed E-state index contributed by atoms with van der Waals surface area (Å²) in [6.07, 6.45) is -6.11. The zero-order valence-corrected chi connectivity index (χ0v) is 9.81. The van der Waals surface area contributed by atoms with Gasteiger partial charge in [-0.25, -0.2) is 0 Å². The maximum atomic E-state index is 12.0. The van der Waals surface area contributed by atoms with Gasteiger partial charge in [-0.3, -0.25) is 4.79 Å². The number of ketones is 1. The fourth-order valence-corrected chi connectivity index (χ4v) is 1.60. The van der Waals surface area contributed by atoms with E-state index in [0.717, 1.165) is 12.1 Å². The molecule has 0 saturated carbocycles. The average Bonchev–Trinajstić information content (AvgIpc) is 2.10. The zero-order chi connectivity index (χ0) is 12.5. The minimum atomic E-state index is -4.56. The van der Waals surface area contributed by atoms with Crippen LogP contribution in [0, 0.1) is 0 Å². The number of alkyl halides is 3. The van der Waals surface area contributed by atoms with E-state index in [0.29, 0.717) is 0 Å². The van der Waals surface area contributed by atoms with Crippen LogP contribution in [-0.4, -0.2) is 12.0 Å². The van der Waals surface area contributed by atoms with Crippen molar-refractivity contribution < 1.29 is 18.0 Å². The minimum Gasteiger partial charge on any atom is -0.294 e. The van der Waals surface area contributed by atoms with Gasteiger partial charge in [-0.1, -0.05) is 34.8 Å². The average molecular weight is 291 g/mol. The largest absolute Gasteiger partial charge is 0.396 e. The Kier molecular flexibility index (Phi) is 4.10. The Balaban J connectivity index is 3.02. The molecule has 0 fully saturated rings. The van der Waals surface area contributed by atoms with Crippen LogP contribution in [0.3, 0.4) is 0 Å². The standard InChI is InChI=1S/C9H4Cl3F3O/c10-5-1-4(2-6(11)8(5)12)7(16)3-9(13,14)15/h1-2H,3H2. The van der Waals surface area contributed by atoms with Crippen LogP contribution in [0.4, 0.5) is 13.2 Å². The van der Waals surface area contributed by atoms with Gasteiger partial charge in [0, 0.05) is 5.56 Å². The molecule has 0 spiro atoms. The van der Waals surface area contributed by atoms with E-state index in [4.69, 9.17) is 34.8 Å². The summed E-state index contributed by atoms with van der Waals surface area (Å²) >= 11 is 16.8. The van der Waals surface area contributed by atoms with E-state index in [2.05, 4.69) is 0 Å². The van der Waals surface area contributed by atoms with Gasteiger partial charge in [0.05, 0.1) is 15.1 Å². The first-order valence-electron chi connectivity index (χ1n) is 3.95. The molecule has 1 nitrogen and oxygen atoms in total. The van der Waals surface area contributed by atoms with Gasteiger partial charge in [-0.2, -0.15) is 13.2 Å². The highest BCUT2D eigenvalue weighted by molar-refractivity contribution is 6.48.